The molecule has 3 aromatic rings. The van der Waals surface area contributed by atoms with Crippen molar-refractivity contribution < 1.29 is 61.4 Å². The first-order chi connectivity index (χ1) is 17.6. The Hall–Kier alpha value is -2.14. The van der Waals surface area contributed by atoms with E-state index in [2.05, 4.69) is 28.1 Å². The zero-order valence-electron chi connectivity index (χ0n) is 18.9. The van der Waals surface area contributed by atoms with E-state index in [9.17, 15) is 33.7 Å². The van der Waals surface area contributed by atoms with Gasteiger partial charge in [-0.05, 0) is 5.56 Å². The van der Waals surface area contributed by atoms with Crippen LogP contribution in [0.4, 0.5) is 5.82 Å². The molecule has 2 aromatic heterocycles. The van der Waals surface area contributed by atoms with Gasteiger partial charge in [0.15, 0.2) is 17.2 Å². The second-order valence-electron chi connectivity index (χ2n) is 8.03. The monoisotopic (exact) mass is 597 g/mol. The molecule has 3 heterocycles. The smallest absolute Gasteiger partial charge is 0.387 e. The van der Waals surface area contributed by atoms with Crippen molar-refractivity contribution >= 4 is 40.4 Å². The highest BCUT2D eigenvalue weighted by atomic mass is 31.3. The molecule has 0 radical (unpaired) electrons. The molecule has 0 amide bonds. The molecule has 1 aromatic carbocycles. The van der Waals surface area contributed by atoms with Gasteiger partial charge in [0.1, 0.15) is 30.2 Å². The average molecular weight is 597 g/mol. The van der Waals surface area contributed by atoms with Gasteiger partial charge in [0.05, 0.1) is 12.9 Å². The van der Waals surface area contributed by atoms with Crippen molar-refractivity contribution in [1.29, 1.82) is 0 Å². The van der Waals surface area contributed by atoms with Crippen LogP contribution < -0.4 is 5.73 Å². The minimum atomic E-state index is -5.76. The summed E-state index contributed by atoms with van der Waals surface area (Å²) >= 11 is 0. The Kier molecular flexibility index (Phi) is 7.93. The number of fused-ring (bicyclic) bond motifs is 1. The van der Waals surface area contributed by atoms with Gasteiger partial charge in [-0.3, -0.25) is 9.09 Å². The molecular formula is C17H22N5O13P3. The van der Waals surface area contributed by atoms with Crippen molar-refractivity contribution in [2.45, 2.75) is 30.5 Å². The van der Waals surface area contributed by atoms with Gasteiger partial charge in [-0.25, -0.2) is 28.6 Å². The number of aliphatic hydroxyl groups is 2. The first-order valence-corrected chi connectivity index (χ1v) is 14.9. The van der Waals surface area contributed by atoms with E-state index >= 15 is 0 Å². The number of nitrogens with two attached hydrogens (primary N) is 1. The first kappa shape index (κ1) is 28.9. The molecule has 2 unspecified atom stereocenters. The summed E-state index contributed by atoms with van der Waals surface area (Å²) in [5, 5.41) is 22.0. The quantitative estimate of drug-likeness (QED) is 0.149. The number of aromatic nitrogens is 4. The SMILES string of the molecule is Nc1ncnc2c1ncn2[C@]1(Cc2ccccc2)O[C@H](COP(=O)(O)OP(=O)(O)OP(=O)(O)O)[C@@H](O)[C@H]1O. The van der Waals surface area contributed by atoms with Gasteiger partial charge in [-0.2, -0.15) is 8.62 Å². The van der Waals surface area contributed by atoms with E-state index in [1.807, 2.05) is 0 Å². The zero-order valence-corrected chi connectivity index (χ0v) is 21.6. The molecule has 1 fully saturated rings. The lowest BCUT2D eigenvalue weighted by Gasteiger charge is -2.34. The predicted octanol–water partition coefficient (Wildman–Crippen LogP) is -0.232. The van der Waals surface area contributed by atoms with Gasteiger partial charge in [-0.1, -0.05) is 30.3 Å². The minimum absolute atomic E-state index is 0.0286. The Bertz CT molecular complexity index is 1450. The van der Waals surface area contributed by atoms with Crippen molar-refractivity contribution in [1.82, 2.24) is 19.5 Å². The number of anilines is 1. The van der Waals surface area contributed by atoms with Crippen LogP contribution in [0.25, 0.3) is 11.2 Å². The van der Waals surface area contributed by atoms with Crippen molar-refractivity contribution in [2.24, 2.45) is 0 Å². The number of ether oxygens (including phenoxy) is 1. The number of phosphoric ester groups is 1. The van der Waals surface area contributed by atoms with Gasteiger partial charge in [-0.15, -0.1) is 0 Å². The van der Waals surface area contributed by atoms with Crippen LogP contribution >= 0.6 is 23.5 Å². The molecule has 0 spiro atoms. The maximum Gasteiger partial charge on any atom is 0.490 e. The van der Waals surface area contributed by atoms with Gasteiger partial charge >= 0.3 is 23.5 Å². The topological polar surface area (TPSA) is 279 Å². The largest absolute Gasteiger partial charge is 0.490 e. The molecule has 6 atom stereocenters. The van der Waals surface area contributed by atoms with Gasteiger partial charge in [0.2, 0.25) is 0 Å². The van der Waals surface area contributed by atoms with E-state index in [-0.39, 0.29) is 23.4 Å². The maximum absolute atomic E-state index is 12.2. The van der Waals surface area contributed by atoms with Crippen LogP contribution in [0.5, 0.6) is 0 Å². The second kappa shape index (κ2) is 10.4. The summed E-state index contributed by atoms with van der Waals surface area (Å²) in [7, 11) is -16.9. The molecule has 0 bridgehead atoms. The summed E-state index contributed by atoms with van der Waals surface area (Å²) in [5.74, 6) is 0.0286. The van der Waals surface area contributed by atoms with Gasteiger partial charge in [0, 0.05) is 6.42 Å². The highest BCUT2D eigenvalue weighted by Gasteiger charge is 2.56. The number of hydrogen-bond acceptors (Lipinski definition) is 13. The molecule has 1 aliphatic rings. The third-order valence-corrected chi connectivity index (χ3v) is 9.21. The van der Waals surface area contributed by atoms with Crippen LogP contribution in [0.1, 0.15) is 5.56 Å². The average Bonchev–Trinajstić information content (AvgIpc) is 3.33. The standard InChI is InChI=1S/C17H22N5O13P3/c18-15-12-16(20-8-19-15)22(9-21-12)17(6-10-4-2-1-3-5-10)14(24)13(23)11(33-17)7-32-37(28,29)35-38(30,31)34-36(25,26)27/h1-5,8-9,11,13-14,23-24H,6-7H2,(H,28,29)(H,30,31)(H2,18,19,20)(H2,25,26,27)/t11-,13-,14-,17-/m1/s1. The van der Waals surface area contributed by atoms with E-state index in [0.717, 1.165) is 6.33 Å². The molecular weight excluding hydrogens is 575 g/mol. The van der Waals surface area contributed by atoms with Crippen LogP contribution in [0.2, 0.25) is 0 Å². The summed E-state index contributed by atoms with van der Waals surface area (Å²) in [6, 6.07) is 8.63. The van der Waals surface area contributed by atoms with Crippen LogP contribution in [-0.2, 0) is 43.7 Å². The van der Waals surface area contributed by atoms with E-state index in [1.165, 1.54) is 10.9 Å². The van der Waals surface area contributed by atoms with E-state index in [4.69, 9.17) is 20.3 Å². The third-order valence-electron chi connectivity index (χ3n) is 5.41. The zero-order chi connectivity index (χ0) is 27.9. The number of phosphoric acid groups is 3. The van der Waals surface area contributed by atoms with Gasteiger partial charge in [0.25, 0.3) is 0 Å². The lowest BCUT2D eigenvalue weighted by molar-refractivity contribution is -0.144. The fraction of sp³-hybridized carbons (Fsp3) is 0.353. The summed E-state index contributed by atoms with van der Waals surface area (Å²) in [6.45, 7) is -0.998. The lowest BCUT2D eigenvalue weighted by atomic mass is 9.95. The second-order valence-corrected chi connectivity index (χ2v) is 12.5. The minimum Gasteiger partial charge on any atom is -0.387 e. The molecule has 18 nitrogen and oxygen atoms in total. The Morgan fingerprint density at radius 1 is 1.00 bits per heavy atom. The Morgan fingerprint density at radius 3 is 2.34 bits per heavy atom. The highest BCUT2D eigenvalue weighted by molar-refractivity contribution is 7.66. The number of benzene rings is 1. The summed E-state index contributed by atoms with van der Waals surface area (Å²) in [6.07, 6.45) is -2.70. The normalized spacial score (nSPS) is 27.3. The van der Waals surface area contributed by atoms with E-state index < -0.39 is 54.1 Å². The fourth-order valence-corrected chi connectivity index (χ4v) is 6.95. The molecule has 38 heavy (non-hydrogen) atoms. The molecule has 1 aliphatic heterocycles. The third kappa shape index (κ3) is 6.19. The number of imidazole rings is 1. The highest BCUT2D eigenvalue weighted by Crippen LogP contribution is 2.66. The number of aliphatic hydroxyl groups excluding tert-OH is 2. The Labute approximate surface area is 213 Å². The maximum atomic E-state index is 12.2. The number of nitrogens with zero attached hydrogens (tertiary/aromatic N) is 4. The summed E-state index contributed by atoms with van der Waals surface area (Å²) < 4.78 is 53.8. The van der Waals surface area contributed by atoms with Gasteiger partial charge < -0.3 is 40.3 Å². The van der Waals surface area contributed by atoms with Crippen LogP contribution in [0.15, 0.2) is 43.0 Å². The molecule has 4 rings (SSSR count). The Balaban J connectivity index is 1.63. The van der Waals surface area contributed by atoms with Crippen molar-refractivity contribution in [3.05, 3.63) is 48.5 Å². The number of rotatable bonds is 10. The fourth-order valence-electron chi connectivity index (χ4n) is 3.92. The molecule has 21 heteroatoms. The number of nitrogen functional groups attached to an aromatic ring is 1. The van der Waals surface area contributed by atoms with Crippen molar-refractivity contribution in [2.75, 3.05) is 12.3 Å². The van der Waals surface area contributed by atoms with Crippen LogP contribution in [0, 0.1) is 0 Å². The molecule has 0 saturated carbocycles. The summed E-state index contributed by atoms with van der Waals surface area (Å²) in [5.41, 5.74) is 4.98. The van der Waals surface area contributed by atoms with E-state index in [0.29, 0.717) is 5.56 Å². The summed E-state index contributed by atoms with van der Waals surface area (Å²) in [4.78, 5) is 48.5. The molecule has 208 valence electrons. The van der Waals surface area contributed by atoms with Crippen molar-refractivity contribution in [3.8, 4) is 0 Å². The first-order valence-electron chi connectivity index (χ1n) is 10.4. The lowest BCUT2D eigenvalue weighted by Crippen LogP contribution is -2.47. The molecule has 8 N–H and O–H groups in total. The predicted molar refractivity (Wildman–Crippen MR) is 125 cm³/mol. The Morgan fingerprint density at radius 2 is 1.68 bits per heavy atom. The van der Waals surface area contributed by atoms with Crippen LogP contribution in [0.3, 0.4) is 0 Å². The molecule has 1 saturated heterocycles. The number of hydrogen-bond donors (Lipinski definition) is 7. The molecule has 0 aliphatic carbocycles. The van der Waals surface area contributed by atoms with Crippen molar-refractivity contribution in [3.63, 3.8) is 0 Å². The van der Waals surface area contributed by atoms with E-state index in [1.54, 1.807) is 30.3 Å². The van der Waals surface area contributed by atoms with Crippen LogP contribution in [-0.4, -0.2) is 74.2 Å².